The van der Waals surface area contributed by atoms with E-state index in [0.717, 1.165) is 18.2 Å². The zero-order valence-corrected chi connectivity index (χ0v) is 11.8. The van der Waals surface area contributed by atoms with Crippen molar-refractivity contribution >= 4 is 16.0 Å². The van der Waals surface area contributed by atoms with Gasteiger partial charge in [0.25, 0.3) is 0 Å². The molecule has 0 fully saturated rings. The van der Waals surface area contributed by atoms with Gasteiger partial charge in [0.2, 0.25) is 10.0 Å². The van der Waals surface area contributed by atoms with Crippen LogP contribution in [-0.4, -0.2) is 19.5 Å². The molecule has 1 heterocycles. The van der Waals surface area contributed by atoms with Crippen LogP contribution in [0.15, 0.2) is 39.6 Å². The summed E-state index contributed by atoms with van der Waals surface area (Å²) in [5, 5.41) is 8.80. The van der Waals surface area contributed by atoms with Crippen molar-refractivity contribution in [1.29, 1.82) is 0 Å². The maximum absolute atomic E-state index is 13.3. The van der Waals surface area contributed by atoms with Crippen LogP contribution in [0.4, 0.5) is 4.39 Å². The molecule has 0 spiro atoms. The molecule has 0 saturated heterocycles. The topological polar surface area (TPSA) is 96.6 Å². The molecule has 2 rings (SSSR count). The molecule has 0 amide bonds. The van der Waals surface area contributed by atoms with Gasteiger partial charge >= 0.3 is 5.97 Å². The maximum atomic E-state index is 13.3. The van der Waals surface area contributed by atoms with Crippen LogP contribution in [0.2, 0.25) is 0 Å². The van der Waals surface area contributed by atoms with Gasteiger partial charge < -0.3 is 9.52 Å². The molecule has 0 aliphatic rings. The van der Waals surface area contributed by atoms with Crippen LogP contribution in [0.3, 0.4) is 0 Å². The summed E-state index contributed by atoms with van der Waals surface area (Å²) in [6.07, 6.45) is 0. The van der Waals surface area contributed by atoms with Crippen LogP contribution in [0.1, 0.15) is 21.9 Å². The minimum Gasteiger partial charge on any atom is -0.478 e. The van der Waals surface area contributed by atoms with Gasteiger partial charge in [-0.1, -0.05) is 0 Å². The van der Waals surface area contributed by atoms with Crippen LogP contribution in [0.5, 0.6) is 0 Å². The lowest BCUT2D eigenvalue weighted by atomic mass is 10.2. The summed E-state index contributed by atoms with van der Waals surface area (Å²) in [4.78, 5) is 10.5. The predicted molar refractivity (Wildman–Crippen MR) is 70.8 cm³/mol. The first-order valence-electron chi connectivity index (χ1n) is 5.87. The molecule has 1 aromatic carbocycles. The minimum atomic E-state index is -3.96. The van der Waals surface area contributed by atoms with Gasteiger partial charge in [-0.2, -0.15) is 0 Å². The van der Waals surface area contributed by atoms with Gasteiger partial charge in [0.15, 0.2) is 0 Å². The summed E-state index contributed by atoms with van der Waals surface area (Å²) < 4.78 is 44.8. The number of aryl methyl sites for hydroxylation is 1. The van der Waals surface area contributed by atoms with Gasteiger partial charge in [-0.25, -0.2) is 22.3 Å². The first-order chi connectivity index (χ1) is 9.79. The van der Waals surface area contributed by atoms with E-state index < -0.39 is 27.4 Å². The van der Waals surface area contributed by atoms with E-state index in [2.05, 4.69) is 4.72 Å². The number of benzene rings is 1. The maximum Gasteiger partial charge on any atom is 0.338 e. The number of rotatable bonds is 5. The third-order valence-electron chi connectivity index (χ3n) is 2.71. The summed E-state index contributed by atoms with van der Waals surface area (Å²) in [5.74, 6) is -1.48. The van der Waals surface area contributed by atoms with E-state index in [1.165, 1.54) is 0 Å². The number of nitrogens with one attached hydrogen (secondary N) is 1. The van der Waals surface area contributed by atoms with E-state index in [-0.39, 0.29) is 11.4 Å². The van der Waals surface area contributed by atoms with E-state index in [9.17, 15) is 17.6 Å². The highest BCUT2D eigenvalue weighted by Crippen LogP contribution is 2.16. The summed E-state index contributed by atoms with van der Waals surface area (Å²) in [5.41, 5.74) is -0.702. The molecule has 1 aromatic heterocycles. The Morgan fingerprint density at radius 2 is 2.05 bits per heavy atom. The molecule has 0 radical (unpaired) electrons. The number of hydrogen-bond acceptors (Lipinski definition) is 4. The van der Waals surface area contributed by atoms with E-state index in [1.54, 1.807) is 19.1 Å². The largest absolute Gasteiger partial charge is 0.478 e. The van der Waals surface area contributed by atoms with Crippen molar-refractivity contribution in [2.75, 3.05) is 0 Å². The van der Waals surface area contributed by atoms with Crippen molar-refractivity contribution in [2.24, 2.45) is 0 Å². The second-order valence-corrected chi connectivity index (χ2v) is 6.05. The SMILES string of the molecule is Cc1ccc(CNS(=O)(=O)c2ccc(F)c(C(=O)O)c2)o1. The fourth-order valence-electron chi connectivity index (χ4n) is 1.67. The van der Waals surface area contributed by atoms with Crippen LogP contribution in [0, 0.1) is 12.7 Å². The predicted octanol–water partition coefficient (Wildman–Crippen LogP) is 1.90. The lowest BCUT2D eigenvalue weighted by Crippen LogP contribution is -2.23. The highest BCUT2D eigenvalue weighted by atomic mass is 32.2. The van der Waals surface area contributed by atoms with Crippen molar-refractivity contribution in [3.8, 4) is 0 Å². The molecular formula is C13H12FNO5S. The van der Waals surface area contributed by atoms with E-state index in [4.69, 9.17) is 9.52 Å². The minimum absolute atomic E-state index is 0.0873. The Morgan fingerprint density at radius 3 is 2.62 bits per heavy atom. The van der Waals surface area contributed by atoms with Gasteiger partial charge in [0.05, 0.1) is 17.0 Å². The zero-order valence-electron chi connectivity index (χ0n) is 11.0. The van der Waals surface area contributed by atoms with Gasteiger partial charge in [0, 0.05) is 0 Å². The number of hydrogen-bond donors (Lipinski definition) is 2. The van der Waals surface area contributed by atoms with Crippen LogP contribution >= 0.6 is 0 Å². The molecule has 21 heavy (non-hydrogen) atoms. The summed E-state index contributed by atoms with van der Waals surface area (Å²) in [7, 11) is -3.96. The fourth-order valence-corrected chi connectivity index (χ4v) is 2.68. The van der Waals surface area contributed by atoms with E-state index in [0.29, 0.717) is 11.5 Å². The average molecular weight is 313 g/mol. The highest BCUT2D eigenvalue weighted by Gasteiger charge is 2.19. The third kappa shape index (κ3) is 3.47. The fraction of sp³-hybridized carbons (Fsp3) is 0.154. The number of carboxylic acids is 1. The molecule has 112 valence electrons. The molecule has 0 bridgehead atoms. The second kappa shape index (κ2) is 5.66. The van der Waals surface area contributed by atoms with Crippen LogP contribution < -0.4 is 4.72 Å². The first kappa shape index (κ1) is 15.2. The normalized spacial score (nSPS) is 11.5. The lowest BCUT2D eigenvalue weighted by Gasteiger charge is -2.06. The summed E-state index contributed by atoms with van der Waals surface area (Å²) in [6.45, 7) is 1.63. The number of halogens is 1. The summed E-state index contributed by atoms with van der Waals surface area (Å²) in [6, 6.07) is 5.87. The third-order valence-corrected chi connectivity index (χ3v) is 4.11. The molecule has 0 aliphatic heterocycles. The van der Waals surface area contributed by atoms with Gasteiger partial charge in [-0.3, -0.25) is 0 Å². The van der Waals surface area contributed by atoms with Gasteiger partial charge in [0.1, 0.15) is 17.3 Å². The van der Waals surface area contributed by atoms with E-state index in [1.807, 2.05) is 0 Å². The molecular weight excluding hydrogens is 301 g/mol. The number of sulfonamides is 1. The standard InChI is InChI=1S/C13H12FNO5S/c1-8-2-3-9(20-8)7-15-21(18,19)10-4-5-12(14)11(6-10)13(16)17/h2-6,15H,7H2,1H3,(H,16,17). The van der Waals surface area contributed by atoms with Crippen LogP contribution in [-0.2, 0) is 16.6 Å². The Labute approximate surface area is 120 Å². The summed E-state index contributed by atoms with van der Waals surface area (Å²) >= 11 is 0. The Kier molecular flexibility index (Phi) is 4.10. The Bertz CT molecular complexity index is 782. The van der Waals surface area contributed by atoms with Crippen molar-refractivity contribution in [2.45, 2.75) is 18.4 Å². The number of carboxylic acid groups (broad SMARTS) is 1. The molecule has 2 N–H and O–H groups in total. The van der Waals surface area contributed by atoms with Crippen LogP contribution in [0.25, 0.3) is 0 Å². The average Bonchev–Trinajstić information content (AvgIpc) is 2.82. The number of aromatic carboxylic acids is 1. The number of furan rings is 1. The molecule has 0 unspecified atom stereocenters. The second-order valence-electron chi connectivity index (χ2n) is 4.28. The molecule has 8 heteroatoms. The van der Waals surface area contributed by atoms with Gasteiger partial charge in [-0.05, 0) is 37.3 Å². The smallest absolute Gasteiger partial charge is 0.338 e. The molecule has 0 saturated carbocycles. The molecule has 0 atom stereocenters. The van der Waals surface area contributed by atoms with Crippen molar-refractivity contribution in [1.82, 2.24) is 4.72 Å². The highest BCUT2D eigenvalue weighted by molar-refractivity contribution is 7.89. The van der Waals surface area contributed by atoms with Crippen molar-refractivity contribution in [3.63, 3.8) is 0 Å². The molecule has 2 aromatic rings. The van der Waals surface area contributed by atoms with Crippen molar-refractivity contribution < 1.29 is 27.1 Å². The Morgan fingerprint density at radius 1 is 1.33 bits per heavy atom. The molecule has 6 nitrogen and oxygen atoms in total. The zero-order chi connectivity index (χ0) is 15.6. The van der Waals surface area contributed by atoms with Gasteiger partial charge in [-0.15, -0.1) is 0 Å². The van der Waals surface area contributed by atoms with Crippen molar-refractivity contribution in [3.05, 3.63) is 53.2 Å². The van der Waals surface area contributed by atoms with E-state index >= 15 is 0 Å². The number of carbonyl (C=O) groups is 1. The Hall–Kier alpha value is -2.19. The Balaban J connectivity index is 2.23. The monoisotopic (exact) mass is 313 g/mol. The molecule has 0 aliphatic carbocycles. The quantitative estimate of drug-likeness (QED) is 0.879. The first-order valence-corrected chi connectivity index (χ1v) is 7.36. The lowest BCUT2D eigenvalue weighted by molar-refractivity contribution is 0.0691.